The number of benzene rings is 2. The Labute approximate surface area is 185 Å². The van der Waals surface area contributed by atoms with Crippen LogP contribution in [0.3, 0.4) is 0 Å². The third-order valence-electron chi connectivity index (χ3n) is 4.64. The molecule has 0 unspecified atom stereocenters. The lowest BCUT2D eigenvalue weighted by molar-refractivity contribution is 0.578. The highest BCUT2D eigenvalue weighted by atomic mass is 32.1. The molecular weight excluding hydrogens is 416 g/mol. The molecule has 0 atom stereocenters. The Kier molecular flexibility index (Phi) is 8.04. The zero-order valence-corrected chi connectivity index (χ0v) is 18.3. The Morgan fingerprint density at radius 2 is 1.67 bits per heavy atom. The summed E-state index contributed by atoms with van der Waals surface area (Å²) in [6, 6.07) is 13.6. The van der Waals surface area contributed by atoms with Crippen molar-refractivity contribution in [3.63, 3.8) is 0 Å². The van der Waals surface area contributed by atoms with Crippen molar-refractivity contribution in [2.75, 3.05) is 0 Å². The Hall–Kier alpha value is -2.64. The van der Waals surface area contributed by atoms with E-state index in [1.54, 1.807) is 35.6 Å². The summed E-state index contributed by atoms with van der Waals surface area (Å²) in [7, 11) is 0. The number of nitrogens with zero attached hydrogens (tertiary/aromatic N) is 1. The average molecular weight is 438 g/mol. The summed E-state index contributed by atoms with van der Waals surface area (Å²) in [5.41, 5.74) is 1.60. The third kappa shape index (κ3) is 5.93. The normalized spacial score (nSPS) is 10.2. The molecule has 152 valence electrons. The van der Waals surface area contributed by atoms with Crippen LogP contribution in [0.2, 0.25) is 0 Å². The van der Waals surface area contributed by atoms with E-state index >= 15 is 0 Å². The van der Waals surface area contributed by atoms with Crippen molar-refractivity contribution in [2.24, 2.45) is 4.99 Å². The van der Waals surface area contributed by atoms with Crippen LogP contribution in [-0.2, 0) is 6.42 Å². The Morgan fingerprint density at radius 3 is 2.33 bits per heavy atom. The molecule has 5 heteroatoms. The number of unbranched alkanes of at least 4 members (excludes halogenated alkanes) is 3. The highest BCUT2D eigenvalue weighted by Gasteiger charge is 2.12. The van der Waals surface area contributed by atoms with Gasteiger partial charge in [0.05, 0.1) is 16.4 Å². The van der Waals surface area contributed by atoms with Gasteiger partial charge in [-0.05, 0) is 79.2 Å². The van der Waals surface area contributed by atoms with E-state index < -0.39 is 11.6 Å². The highest BCUT2D eigenvalue weighted by molar-refractivity contribution is 7.78. The fraction of sp³-hybridized carbons (Fsp3) is 0.240. The van der Waals surface area contributed by atoms with Crippen LogP contribution in [-0.4, -0.2) is 5.16 Å². The van der Waals surface area contributed by atoms with Crippen molar-refractivity contribution in [3.8, 4) is 22.3 Å². The summed E-state index contributed by atoms with van der Waals surface area (Å²) >= 11 is 6.15. The van der Waals surface area contributed by atoms with E-state index in [9.17, 15) is 8.78 Å². The first kappa shape index (κ1) is 22.1. The van der Waals surface area contributed by atoms with Gasteiger partial charge >= 0.3 is 0 Å². The summed E-state index contributed by atoms with van der Waals surface area (Å²) in [6.07, 6.45) is 5.81. The lowest BCUT2D eigenvalue weighted by Crippen LogP contribution is -1.91. The number of halogens is 2. The van der Waals surface area contributed by atoms with Gasteiger partial charge in [0, 0.05) is 15.3 Å². The van der Waals surface area contributed by atoms with Gasteiger partial charge in [0.2, 0.25) is 0 Å². The number of hydrogen-bond acceptors (Lipinski definition) is 3. The second-order valence-electron chi connectivity index (χ2n) is 6.89. The summed E-state index contributed by atoms with van der Waals surface area (Å²) in [5.74, 6) is 4.09. The molecule has 0 N–H and O–H groups in total. The van der Waals surface area contributed by atoms with Gasteiger partial charge in [-0.1, -0.05) is 38.0 Å². The van der Waals surface area contributed by atoms with E-state index in [0.717, 1.165) is 17.7 Å². The summed E-state index contributed by atoms with van der Waals surface area (Å²) in [5, 5.41) is 2.29. The molecule has 0 aliphatic carbocycles. The van der Waals surface area contributed by atoms with Crippen LogP contribution < -0.4 is 0 Å². The number of rotatable bonds is 7. The van der Waals surface area contributed by atoms with Gasteiger partial charge in [-0.2, -0.15) is 4.99 Å². The Balaban J connectivity index is 1.76. The third-order valence-corrected chi connectivity index (χ3v) is 5.92. The molecule has 2 aromatic carbocycles. The first-order chi connectivity index (χ1) is 14.6. The SMILES string of the molecule is CCCCCCc1ccc(-c2cc(F)c(C#Cc3ccc(N=C=S)cc3)c(F)c2)s1. The second kappa shape index (κ2) is 10.9. The van der Waals surface area contributed by atoms with E-state index in [1.807, 2.05) is 12.1 Å². The van der Waals surface area contributed by atoms with E-state index in [0.29, 0.717) is 16.8 Å². The zero-order chi connectivity index (χ0) is 21.3. The van der Waals surface area contributed by atoms with E-state index in [1.165, 1.54) is 36.3 Å². The molecule has 1 aromatic heterocycles. The van der Waals surface area contributed by atoms with E-state index in [-0.39, 0.29) is 5.56 Å². The van der Waals surface area contributed by atoms with Crippen LogP contribution >= 0.6 is 23.6 Å². The molecule has 0 fully saturated rings. The average Bonchev–Trinajstić information content (AvgIpc) is 3.21. The first-order valence-electron chi connectivity index (χ1n) is 9.88. The van der Waals surface area contributed by atoms with Gasteiger partial charge in [0.1, 0.15) is 11.6 Å². The van der Waals surface area contributed by atoms with Crippen molar-refractivity contribution in [3.05, 3.63) is 76.2 Å². The number of thiocarbonyl (C=S) groups is 1. The van der Waals surface area contributed by atoms with Crippen molar-refractivity contribution < 1.29 is 8.78 Å². The molecule has 1 heterocycles. The quantitative estimate of drug-likeness (QED) is 0.158. The van der Waals surface area contributed by atoms with Gasteiger partial charge in [-0.3, -0.25) is 0 Å². The van der Waals surface area contributed by atoms with E-state index in [4.69, 9.17) is 0 Å². The molecule has 0 amide bonds. The predicted molar refractivity (Wildman–Crippen MR) is 125 cm³/mol. The van der Waals surface area contributed by atoms with Crippen LogP contribution in [0.4, 0.5) is 14.5 Å². The molecule has 1 nitrogen and oxygen atoms in total. The van der Waals surface area contributed by atoms with Crippen molar-refractivity contribution in [1.29, 1.82) is 0 Å². The molecule has 0 spiro atoms. The van der Waals surface area contributed by atoms with Gasteiger partial charge in [-0.25, -0.2) is 8.78 Å². The van der Waals surface area contributed by atoms with Gasteiger partial charge < -0.3 is 0 Å². The van der Waals surface area contributed by atoms with Crippen LogP contribution in [0, 0.1) is 23.5 Å². The number of isothiocyanates is 1. The first-order valence-corrected chi connectivity index (χ1v) is 11.1. The molecule has 3 rings (SSSR count). The monoisotopic (exact) mass is 437 g/mol. The van der Waals surface area contributed by atoms with Crippen LogP contribution in [0.1, 0.15) is 48.6 Å². The molecule has 0 aliphatic rings. The Morgan fingerprint density at radius 1 is 0.933 bits per heavy atom. The van der Waals surface area contributed by atoms with Crippen LogP contribution in [0.25, 0.3) is 10.4 Å². The van der Waals surface area contributed by atoms with Gasteiger partial charge in [-0.15, -0.1) is 11.3 Å². The topological polar surface area (TPSA) is 12.4 Å². The predicted octanol–water partition coefficient (Wildman–Crippen LogP) is 7.95. The van der Waals surface area contributed by atoms with Crippen LogP contribution in [0.15, 0.2) is 53.5 Å². The maximum absolute atomic E-state index is 14.6. The Bertz CT molecular complexity index is 1090. The van der Waals surface area contributed by atoms with Gasteiger partial charge in [0.25, 0.3) is 0 Å². The molecule has 0 aliphatic heterocycles. The lowest BCUT2D eigenvalue weighted by Gasteiger charge is -2.03. The van der Waals surface area contributed by atoms with Crippen molar-refractivity contribution in [2.45, 2.75) is 39.0 Å². The summed E-state index contributed by atoms with van der Waals surface area (Å²) in [6.45, 7) is 2.19. The standard InChI is InChI=1S/C25H21F2NS2/c1-2-3-4-5-6-21-12-14-25(30-21)19-15-23(26)22(24(27)16-19)13-9-18-7-10-20(11-8-18)28-17-29/h7-8,10-12,14-16H,2-6H2,1H3. The van der Waals surface area contributed by atoms with Gasteiger partial charge in [0.15, 0.2) is 0 Å². The minimum absolute atomic E-state index is 0.226. The maximum Gasteiger partial charge on any atom is 0.142 e. The summed E-state index contributed by atoms with van der Waals surface area (Å²) < 4.78 is 29.2. The molecule has 0 bridgehead atoms. The lowest BCUT2D eigenvalue weighted by atomic mass is 10.1. The largest absolute Gasteiger partial charge is 0.205 e. The molecular formula is C25H21F2NS2. The van der Waals surface area contributed by atoms with Crippen molar-refractivity contribution >= 4 is 34.4 Å². The minimum atomic E-state index is -0.655. The smallest absolute Gasteiger partial charge is 0.142 e. The number of thiophene rings is 1. The number of aliphatic imine (C=N–C) groups is 1. The van der Waals surface area contributed by atoms with Crippen molar-refractivity contribution in [1.82, 2.24) is 0 Å². The maximum atomic E-state index is 14.6. The fourth-order valence-corrected chi connectivity index (χ4v) is 4.18. The molecule has 3 aromatic rings. The molecule has 0 saturated carbocycles. The van der Waals surface area contributed by atoms with Crippen LogP contribution in [0.5, 0.6) is 0 Å². The minimum Gasteiger partial charge on any atom is -0.205 e. The number of aryl methyl sites for hydroxylation is 1. The fourth-order valence-electron chi connectivity index (χ4n) is 3.03. The molecule has 0 radical (unpaired) electrons. The molecule has 30 heavy (non-hydrogen) atoms. The van der Waals surface area contributed by atoms with E-state index in [2.05, 4.69) is 41.1 Å². The number of hydrogen-bond donors (Lipinski definition) is 0. The zero-order valence-electron chi connectivity index (χ0n) is 16.7. The highest BCUT2D eigenvalue weighted by Crippen LogP contribution is 2.31. The second-order valence-corrected chi connectivity index (χ2v) is 8.24. The summed E-state index contributed by atoms with van der Waals surface area (Å²) in [4.78, 5) is 5.97. The molecule has 0 saturated heterocycles.